The van der Waals surface area contributed by atoms with Gasteiger partial charge in [-0.15, -0.1) is 0 Å². The normalized spacial score (nSPS) is 20.3. The number of benzene rings is 1. The molecule has 1 unspecified atom stereocenters. The van der Waals surface area contributed by atoms with Crippen LogP contribution in [0.5, 0.6) is 5.75 Å². The third-order valence-corrected chi connectivity index (χ3v) is 3.12. The number of ether oxygens (including phenoxy) is 2. The third-order valence-electron chi connectivity index (χ3n) is 3.12. The van der Waals surface area contributed by atoms with Crippen molar-refractivity contribution in [1.82, 2.24) is 0 Å². The fourth-order valence-electron chi connectivity index (χ4n) is 2.37. The van der Waals surface area contributed by atoms with Gasteiger partial charge in [0.25, 0.3) is 0 Å². The lowest BCUT2D eigenvalue weighted by molar-refractivity contribution is -0.150. The summed E-state index contributed by atoms with van der Waals surface area (Å²) in [5, 5.41) is 0. The minimum Gasteiger partial charge on any atom is -0.488 e. The van der Waals surface area contributed by atoms with E-state index in [-0.39, 0.29) is 11.1 Å². The monoisotopic (exact) mass is 312 g/mol. The van der Waals surface area contributed by atoms with Crippen molar-refractivity contribution in [2.75, 3.05) is 0 Å². The summed E-state index contributed by atoms with van der Waals surface area (Å²) in [6, 6.07) is 4.25. The molecule has 0 amide bonds. The molecular formula is C16H18F2O4. The number of halogens is 2. The van der Waals surface area contributed by atoms with E-state index in [1.54, 1.807) is 0 Å². The fourth-order valence-corrected chi connectivity index (χ4v) is 2.37. The van der Waals surface area contributed by atoms with E-state index >= 15 is 0 Å². The van der Waals surface area contributed by atoms with Gasteiger partial charge in [-0.1, -0.05) is 0 Å². The average molecular weight is 312 g/mol. The van der Waals surface area contributed by atoms with Gasteiger partial charge in [0.05, 0.1) is 6.42 Å². The Morgan fingerprint density at radius 1 is 1.32 bits per heavy atom. The maximum atomic E-state index is 13.8. The Balaban J connectivity index is 2.47. The molecule has 0 N–H and O–H groups in total. The van der Waals surface area contributed by atoms with E-state index in [9.17, 15) is 18.4 Å². The van der Waals surface area contributed by atoms with Gasteiger partial charge in [-0.25, -0.2) is 0 Å². The smallest absolute Gasteiger partial charge is 0.313 e. The number of rotatable bonds is 2. The third kappa shape index (κ3) is 3.43. The number of hydrogen-bond acceptors (Lipinski definition) is 4. The molecule has 0 bridgehead atoms. The standard InChI is InChI=1S/C16H18F2O4/c1-9(19)21-13-8-16(17,18)14(20)11-6-5-10(7-12(11)13)22-15(2,3)4/h5-7,13H,8H2,1-4H3. The van der Waals surface area contributed by atoms with Crippen LogP contribution in [0.3, 0.4) is 0 Å². The zero-order valence-corrected chi connectivity index (χ0v) is 12.9. The van der Waals surface area contributed by atoms with Crippen molar-refractivity contribution in [1.29, 1.82) is 0 Å². The second-order valence-corrected chi connectivity index (χ2v) is 6.30. The van der Waals surface area contributed by atoms with Gasteiger partial charge in [-0.2, -0.15) is 8.78 Å². The van der Waals surface area contributed by atoms with E-state index < -0.39 is 35.8 Å². The Kier molecular flexibility index (Phi) is 3.98. The van der Waals surface area contributed by atoms with Crippen LogP contribution in [0, 0.1) is 0 Å². The molecule has 0 aromatic heterocycles. The molecule has 4 nitrogen and oxygen atoms in total. The molecule has 1 aliphatic carbocycles. The van der Waals surface area contributed by atoms with E-state index in [0.717, 1.165) is 6.92 Å². The molecule has 6 heteroatoms. The van der Waals surface area contributed by atoms with Crippen molar-refractivity contribution in [3.63, 3.8) is 0 Å². The number of fused-ring (bicyclic) bond motifs is 1. The van der Waals surface area contributed by atoms with Crippen LogP contribution < -0.4 is 4.74 Å². The minimum atomic E-state index is -3.54. The number of Topliss-reactive ketones (excluding diaryl/α,β-unsaturated/α-hetero) is 1. The van der Waals surface area contributed by atoms with E-state index in [4.69, 9.17) is 9.47 Å². The Morgan fingerprint density at radius 3 is 2.50 bits per heavy atom. The molecule has 1 aromatic carbocycles. The highest BCUT2D eigenvalue weighted by Gasteiger charge is 2.48. The van der Waals surface area contributed by atoms with E-state index in [2.05, 4.69) is 0 Å². The summed E-state index contributed by atoms with van der Waals surface area (Å²) in [5.74, 6) is -5.04. The first-order chi connectivity index (χ1) is 9.99. The first kappa shape index (κ1) is 16.4. The number of carbonyl (C=O) groups is 2. The Labute approximate surface area is 127 Å². The predicted molar refractivity (Wildman–Crippen MR) is 75.2 cm³/mol. The van der Waals surface area contributed by atoms with Crippen LogP contribution in [0.4, 0.5) is 8.78 Å². The van der Waals surface area contributed by atoms with Gasteiger partial charge in [0, 0.05) is 18.1 Å². The van der Waals surface area contributed by atoms with Gasteiger partial charge in [-0.05, 0) is 39.0 Å². The topological polar surface area (TPSA) is 52.6 Å². The van der Waals surface area contributed by atoms with Crippen molar-refractivity contribution in [2.24, 2.45) is 0 Å². The number of esters is 1. The Hall–Kier alpha value is -1.98. The average Bonchev–Trinajstić information content (AvgIpc) is 2.33. The van der Waals surface area contributed by atoms with Crippen LogP contribution in [0.1, 0.15) is 56.1 Å². The van der Waals surface area contributed by atoms with Crippen LogP contribution in [0.25, 0.3) is 0 Å². The molecule has 0 saturated carbocycles. The van der Waals surface area contributed by atoms with Crippen molar-refractivity contribution < 1.29 is 27.8 Å². The van der Waals surface area contributed by atoms with Crippen molar-refractivity contribution in [2.45, 2.75) is 51.7 Å². The van der Waals surface area contributed by atoms with E-state index in [1.807, 2.05) is 20.8 Å². The minimum absolute atomic E-state index is 0.135. The molecule has 0 aliphatic heterocycles. The highest BCUT2D eigenvalue weighted by molar-refractivity contribution is 6.04. The summed E-state index contributed by atoms with van der Waals surface area (Å²) in [6.45, 7) is 6.67. The largest absolute Gasteiger partial charge is 0.488 e. The Bertz CT molecular complexity index is 617. The lowest BCUT2D eigenvalue weighted by Gasteiger charge is -2.30. The SMILES string of the molecule is CC(=O)OC1CC(F)(F)C(=O)c2ccc(OC(C)(C)C)cc21. The zero-order chi connectivity index (χ0) is 16.7. The summed E-state index contributed by atoms with van der Waals surface area (Å²) in [4.78, 5) is 23.0. The summed E-state index contributed by atoms with van der Waals surface area (Å²) in [6.07, 6.45) is -2.01. The van der Waals surface area contributed by atoms with Crippen molar-refractivity contribution in [3.8, 4) is 5.75 Å². The molecule has 120 valence electrons. The molecular weight excluding hydrogens is 294 g/mol. The summed E-state index contributed by atoms with van der Waals surface area (Å²) < 4.78 is 38.2. The number of carbonyl (C=O) groups excluding carboxylic acids is 2. The summed E-state index contributed by atoms with van der Waals surface area (Å²) in [7, 11) is 0. The Morgan fingerprint density at radius 2 is 1.95 bits per heavy atom. The van der Waals surface area contributed by atoms with Crippen LogP contribution in [-0.2, 0) is 9.53 Å². The first-order valence-corrected chi connectivity index (χ1v) is 6.92. The van der Waals surface area contributed by atoms with Gasteiger partial charge in [0.15, 0.2) is 0 Å². The molecule has 0 fully saturated rings. The molecule has 1 atom stereocenters. The van der Waals surface area contributed by atoms with Crippen LogP contribution in [0.15, 0.2) is 18.2 Å². The second-order valence-electron chi connectivity index (χ2n) is 6.30. The lowest BCUT2D eigenvalue weighted by atomic mass is 9.85. The van der Waals surface area contributed by atoms with E-state index in [1.165, 1.54) is 18.2 Å². The predicted octanol–water partition coefficient (Wildman–Crippen LogP) is 3.69. The molecule has 0 spiro atoms. The lowest BCUT2D eigenvalue weighted by Crippen LogP contribution is -2.37. The van der Waals surface area contributed by atoms with Gasteiger partial charge in [0.2, 0.25) is 5.78 Å². The first-order valence-electron chi connectivity index (χ1n) is 6.92. The van der Waals surface area contributed by atoms with Gasteiger partial charge < -0.3 is 9.47 Å². The summed E-state index contributed by atoms with van der Waals surface area (Å²) >= 11 is 0. The van der Waals surface area contributed by atoms with Gasteiger partial charge >= 0.3 is 11.9 Å². The second kappa shape index (κ2) is 5.34. The quantitative estimate of drug-likeness (QED) is 0.782. The maximum absolute atomic E-state index is 13.8. The molecule has 1 aromatic rings. The molecule has 2 rings (SSSR count). The van der Waals surface area contributed by atoms with Gasteiger partial charge in [0.1, 0.15) is 17.5 Å². The fraction of sp³-hybridized carbons (Fsp3) is 0.500. The maximum Gasteiger partial charge on any atom is 0.313 e. The highest BCUT2D eigenvalue weighted by atomic mass is 19.3. The van der Waals surface area contributed by atoms with Crippen LogP contribution in [0.2, 0.25) is 0 Å². The van der Waals surface area contributed by atoms with Gasteiger partial charge in [-0.3, -0.25) is 9.59 Å². The van der Waals surface area contributed by atoms with Crippen LogP contribution in [-0.4, -0.2) is 23.3 Å². The van der Waals surface area contributed by atoms with Crippen LogP contribution >= 0.6 is 0 Å². The van der Waals surface area contributed by atoms with Crippen molar-refractivity contribution in [3.05, 3.63) is 29.3 Å². The van der Waals surface area contributed by atoms with Crippen molar-refractivity contribution >= 4 is 11.8 Å². The highest BCUT2D eigenvalue weighted by Crippen LogP contribution is 2.42. The molecule has 0 heterocycles. The molecule has 1 aliphatic rings. The number of alkyl halides is 2. The molecule has 0 radical (unpaired) electrons. The number of ketones is 1. The molecule has 22 heavy (non-hydrogen) atoms. The molecule has 0 saturated heterocycles. The zero-order valence-electron chi connectivity index (χ0n) is 12.9. The van der Waals surface area contributed by atoms with E-state index in [0.29, 0.717) is 5.75 Å². The summed E-state index contributed by atoms with van der Waals surface area (Å²) in [5.41, 5.74) is -0.357. The number of hydrogen-bond donors (Lipinski definition) is 0.